The molecule has 4 aromatic carbocycles. The number of nitrogens with one attached hydrogen (secondary N) is 3. The first kappa shape index (κ1) is 26.8. The predicted octanol–water partition coefficient (Wildman–Crippen LogP) is 7.12. The number of urea groups is 1. The Morgan fingerprint density at radius 1 is 0.667 bits per heavy atom. The number of nitrogens with zero attached hydrogens (tertiary/aromatic N) is 1. The highest BCUT2D eigenvalue weighted by molar-refractivity contribution is 6.08. The summed E-state index contributed by atoms with van der Waals surface area (Å²) in [4.78, 5) is 17.2. The van der Waals surface area contributed by atoms with Crippen molar-refractivity contribution in [2.24, 2.45) is 5.73 Å². The average molecular weight is 520 g/mol. The van der Waals surface area contributed by atoms with Crippen LogP contribution in [0.15, 0.2) is 97.1 Å². The molecule has 0 fully saturated rings. The number of carbonyl (C=O) groups excluding carboxylic acids is 1. The number of aromatic nitrogens is 1. The van der Waals surface area contributed by atoms with E-state index in [2.05, 4.69) is 28.1 Å². The van der Waals surface area contributed by atoms with E-state index < -0.39 is 0 Å². The molecule has 0 saturated heterocycles. The van der Waals surface area contributed by atoms with Gasteiger partial charge in [-0.1, -0.05) is 48.5 Å². The van der Waals surface area contributed by atoms with Crippen LogP contribution in [0, 0.1) is 0 Å². The van der Waals surface area contributed by atoms with Crippen molar-refractivity contribution in [1.29, 1.82) is 0 Å². The lowest BCUT2D eigenvalue weighted by Crippen LogP contribution is -2.19. The van der Waals surface area contributed by atoms with Gasteiger partial charge in [-0.05, 0) is 67.1 Å². The molecule has 5 rings (SSSR count). The van der Waals surface area contributed by atoms with E-state index in [0.29, 0.717) is 12.2 Å². The second-order valence-electron chi connectivity index (χ2n) is 8.04. The molecule has 36 heavy (non-hydrogen) atoms. The van der Waals surface area contributed by atoms with Gasteiger partial charge in [0.05, 0.1) is 16.7 Å². The molecule has 0 aliphatic rings. The topological polar surface area (TPSA) is 92.1 Å². The van der Waals surface area contributed by atoms with Gasteiger partial charge < -0.3 is 21.7 Å². The van der Waals surface area contributed by atoms with Gasteiger partial charge in [0, 0.05) is 27.8 Å². The van der Waals surface area contributed by atoms with E-state index in [1.165, 1.54) is 0 Å². The molecule has 0 bridgehead atoms. The van der Waals surface area contributed by atoms with Crippen molar-refractivity contribution in [2.45, 2.75) is 6.42 Å². The fourth-order valence-electron chi connectivity index (χ4n) is 3.97. The number of pyridine rings is 1. The summed E-state index contributed by atoms with van der Waals surface area (Å²) < 4.78 is 0. The fourth-order valence-corrected chi connectivity index (χ4v) is 3.97. The molecule has 0 spiro atoms. The van der Waals surface area contributed by atoms with Crippen molar-refractivity contribution in [3.05, 3.63) is 103 Å². The van der Waals surface area contributed by atoms with Crippen molar-refractivity contribution in [1.82, 2.24) is 4.98 Å². The third-order valence-corrected chi connectivity index (χ3v) is 5.64. The zero-order valence-electron chi connectivity index (χ0n) is 19.4. The third-order valence-electron chi connectivity index (χ3n) is 5.64. The highest BCUT2D eigenvalue weighted by Gasteiger charge is 2.09. The van der Waals surface area contributed by atoms with Crippen LogP contribution in [0.25, 0.3) is 21.8 Å². The van der Waals surface area contributed by atoms with Gasteiger partial charge in [-0.3, -0.25) is 0 Å². The van der Waals surface area contributed by atoms with Gasteiger partial charge in [0.25, 0.3) is 0 Å². The molecule has 8 heteroatoms. The lowest BCUT2D eigenvalue weighted by atomic mass is 10.1. The van der Waals surface area contributed by atoms with Gasteiger partial charge in [-0.15, -0.1) is 24.8 Å². The molecular formula is C28H27Cl2N5O. The summed E-state index contributed by atoms with van der Waals surface area (Å²) in [5.41, 5.74) is 12.0. The Kier molecular flexibility index (Phi) is 9.08. The summed E-state index contributed by atoms with van der Waals surface area (Å²) in [5, 5.41) is 11.4. The highest BCUT2D eigenvalue weighted by Crippen LogP contribution is 2.33. The summed E-state index contributed by atoms with van der Waals surface area (Å²) in [6.07, 6.45) is 0.817. The van der Waals surface area contributed by atoms with E-state index in [0.717, 1.165) is 50.9 Å². The van der Waals surface area contributed by atoms with Crippen LogP contribution in [0.2, 0.25) is 0 Å². The lowest BCUT2D eigenvalue weighted by molar-refractivity contribution is 0.262. The Hall–Kier alpha value is -3.84. The summed E-state index contributed by atoms with van der Waals surface area (Å²) in [6.45, 7) is 0.603. The zero-order chi connectivity index (χ0) is 23.3. The molecule has 2 amide bonds. The minimum Gasteiger partial charge on any atom is -0.354 e. The smallest absolute Gasteiger partial charge is 0.323 e. The molecule has 5 N–H and O–H groups in total. The molecular weight excluding hydrogens is 493 g/mol. The van der Waals surface area contributed by atoms with E-state index in [4.69, 9.17) is 10.7 Å². The van der Waals surface area contributed by atoms with Crippen LogP contribution in [0.1, 0.15) is 5.56 Å². The summed E-state index contributed by atoms with van der Waals surface area (Å²) in [7, 11) is 0. The van der Waals surface area contributed by atoms with Crippen LogP contribution in [0.5, 0.6) is 0 Å². The molecule has 5 aromatic rings. The second-order valence-corrected chi connectivity index (χ2v) is 8.04. The van der Waals surface area contributed by atoms with E-state index >= 15 is 0 Å². The van der Waals surface area contributed by atoms with E-state index in [-0.39, 0.29) is 30.8 Å². The molecule has 1 heterocycles. The summed E-state index contributed by atoms with van der Waals surface area (Å²) in [6, 6.07) is 31.2. The van der Waals surface area contributed by atoms with Crippen molar-refractivity contribution in [2.75, 3.05) is 22.5 Å². The number of benzene rings is 4. The predicted molar refractivity (Wildman–Crippen MR) is 155 cm³/mol. The quantitative estimate of drug-likeness (QED) is 0.179. The molecule has 0 atom stereocenters. The summed E-state index contributed by atoms with van der Waals surface area (Å²) in [5.74, 6) is 0. The molecule has 0 aliphatic heterocycles. The van der Waals surface area contributed by atoms with E-state index in [1.807, 2.05) is 84.9 Å². The molecule has 1 aromatic heterocycles. The SMILES string of the molecule is Cl.Cl.NCCc1ccc(NC(=O)Nc2ccc(Nc3c4ccccc4nc4ccccc34)cc2)cc1. The van der Waals surface area contributed by atoms with Gasteiger partial charge in [-0.2, -0.15) is 0 Å². The number of para-hydroxylation sites is 2. The Bertz CT molecular complexity index is 1400. The van der Waals surface area contributed by atoms with Crippen molar-refractivity contribution >= 4 is 75.4 Å². The number of carbonyl (C=O) groups is 1. The molecule has 0 aliphatic carbocycles. The minimum atomic E-state index is -0.293. The summed E-state index contributed by atoms with van der Waals surface area (Å²) >= 11 is 0. The molecule has 6 nitrogen and oxygen atoms in total. The van der Waals surface area contributed by atoms with Crippen LogP contribution >= 0.6 is 24.8 Å². The maximum Gasteiger partial charge on any atom is 0.323 e. The van der Waals surface area contributed by atoms with Crippen molar-refractivity contribution < 1.29 is 4.79 Å². The third kappa shape index (κ3) is 6.04. The van der Waals surface area contributed by atoms with Crippen molar-refractivity contribution in [3.8, 4) is 0 Å². The minimum absolute atomic E-state index is 0. The highest BCUT2D eigenvalue weighted by atomic mass is 35.5. The normalized spacial score (nSPS) is 10.2. The number of halogens is 2. The van der Waals surface area contributed by atoms with Gasteiger partial charge in [0.2, 0.25) is 0 Å². The number of nitrogens with two attached hydrogens (primary N) is 1. The number of rotatable bonds is 6. The maximum atomic E-state index is 12.4. The number of hydrogen-bond donors (Lipinski definition) is 4. The zero-order valence-corrected chi connectivity index (χ0v) is 21.0. The number of hydrogen-bond acceptors (Lipinski definition) is 4. The molecule has 0 unspecified atom stereocenters. The standard InChI is InChI=1S/C28H25N5O.2ClH/c29-18-17-19-9-11-21(12-10-19)31-28(34)32-22-15-13-20(14-16-22)30-27-23-5-1-3-7-25(23)33-26-8-4-2-6-24(26)27;;/h1-16H,17-18,29H2,(H,30,33)(H2,31,32,34);2*1H. The number of amides is 2. The first-order valence-electron chi connectivity index (χ1n) is 11.2. The van der Waals surface area contributed by atoms with Crippen LogP contribution < -0.4 is 21.7 Å². The molecule has 0 saturated carbocycles. The first-order valence-corrected chi connectivity index (χ1v) is 11.2. The maximum absolute atomic E-state index is 12.4. The largest absolute Gasteiger partial charge is 0.354 e. The van der Waals surface area contributed by atoms with Crippen LogP contribution in [-0.2, 0) is 6.42 Å². The molecule has 0 radical (unpaired) electrons. The van der Waals surface area contributed by atoms with Crippen LogP contribution in [0.3, 0.4) is 0 Å². The monoisotopic (exact) mass is 519 g/mol. The molecule has 184 valence electrons. The Morgan fingerprint density at radius 3 is 1.67 bits per heavy atom. The Labute approximate surface area is 222 Å². The first-order chi connectivity index (χ1) is 16.7. The number of fused-ring (bicyclic) bond motifs is 2. The van der Waals surface area contributed by atoms with E-state index in [9.17, 15) is 4.79 Å². The average Bonchev–Trinajstić information content (AvgIpc) is 2.86. The lowest BCUT2D eigenvalue weighted by Gasteiger charge is -2.14. The Balaban J connectivity index is 0.00000180. The second kappa shape index (κ2) is 12.2. The van der Waals surface area contributed by atoms with Gasteiger partial charge in [-0.25, -0.2) is 9.78 Å². The Morgan fingerprint density at radius 2 is 1.14 bits per heavy atom. The van der Waals surface area contributed by atoms with Crippen LogP contribution in [0.4, 0.5) is 27.5 Å². The fraction of sp³-hybridized carbons (Fsp3) is 0.0714. The van der Waals surface area contributed by atoms with Gasteiger partial charge >= 0.3 is 6.03 Å². The van der Waals surface area contributed by atoms with Gasteiger partial charge in [0.15, 0.2) is 0 Å². The van der Waals surface area contributed by atoms with Crippen molar-refractivity contribution in [3.63, 3.8) is 0 Å². The van der Waals surface area contributed by atoms with Gasteiger partial charge in [0.1, 0.15) is 0 Å². The van der Waals surface area contributed by atoms with E-state index in [1.54, 1.807) is 0 Å². The van der Waals surface area contributed by atoms with Crippen LogP contribution in [-0.4, -0.2) is 17.6 Å². The number of anilines is 4.